The van der Waals surface area contributed by atoms with Crippen LogP contribution in [0.15, 0.2) is 24.4 Å². The Kier molecular flexibility index (Phi) is 4.07. The minimum Gasteiger partial charge on any atom is -0.484 e. The molecule has 0 radical (unpaired) electrons. The molecule has 6 rings (SSSR count). The summed E-state index contributed by atoms with van der Waals surface area (Å²) in [4.78, 5) is 12.2. The summed E-state index contributed by atoms with van der Waals surface area (Å²) in [5.41, 5.74) is 0.781. The Bertz CT molecular complexity index is 1010. The van der Waals surface area contributed by atoms with Gasteiger partial charge in [0, 0.05) is 23.2 Å². The lowest BCUT2D eigenvalue weighted by molar-refractivity contribution is -0.140. The third-order valence-corrected chi connectivity index (χ3v) is 6.73. The predicted molar refractivity (Wildman–Crippen MR) is 101 cm³/mol. The third kappa shape index (κ3) is 3.04. The largest absolute Gasteiger partial charge is 0.484 e. The van der Waals surface area contributed by atoms with Gasteiger partial charge in [-0.2, -0.15) is 5.26 Å². The van der Waals surface area contributed by atoms with Crippen LogP contribution >= 0.6 is 11.6 Å². The first-order valence-electron chi connectivity index (χ1n) is 9.61. The van der Waals surface area contributed by atoms with Crippen LogP contribution in [0.25, 0.3) is 0 Å². The van der Waals surface area contributed by atoms with E-state index in [1.165, 1.54) is 12.1 Å². The molecule has 0 aliphatic heterocycles. The molecule has 9 heteroatoms. The Morgan fingerprint density at radius 2 is 2.17 bits per heavy atom. The average Bonchev–Trinajstić information content (AvgIpc) is 3.06. The number of halogens is 2. The summed E-state index contributed by atoms with van der Waals surface area (Å²) in [6.07, 6.45) is 6.19. The number of nitriles is 1. The zero-order valence-corrected chi connectivity index (χ0v) is 16.3. The summed E-state index contributed by atoms with van der Waals surface area (Å²) in [7, 11) is 0. The quantitative estimate of drug-likeness (QED) is 0.783. The molecule has 4 fully saturated rings. The summed E-state index contributed by atoms with van der Waals surface area (Å²) in [6.45, 7) is -0.173. The van der Waals surface area contributed by atoms with Crippen LogP contribution in [0.1, 0.15) is 43.8 Å². The number of carbonyl (C=O) groups excluding carboxylic acids is 1. The van der Waals surface area contributed by atoms with Gasteiger partial charge >= 0.3 is 0 Å². The number of benzene rings is 1. The average molecular weight is 416 g/mol. The van der Waals surface area contributed by atoms with Crippen molar-refractivity contribution in [3.8, 4) is 11.8 Å². The Hall–Kier alpha value is -2.66. The van der Waals surface area contributed by atoms with Crippen molar-refractivity contribution in [2.45, 2.75) is 49.1 Å². The number of ether oxygens (including phenoxy) is 1. The number of carbonyl (C=O) groups is 1. The van der Waals surface area contributed by atoms with Gasteiger partial charge in [-0.3, -0.25) is 4.79 Å². The van der Waals surface area contributed by atoms with E-state index in [0.29, 0.717) is 0 Å². The van der Waals surface area contributed by atoms with E-state index in [-0.39, 0.29) is 46.2 Å². The molecule has 2 bridgehead atoms. The molecule has 0 spiro atoms. The lowest BCUT2D eigenvalue weighted by atomic mass is 9.38. The van der Waals surface area contributed by atoms with Crippen molar-refractivity contribution in [2.75, 3.05) is 6.61 Å². The Morgan fingerprint density at radius 1 is 1.41 bits per heavy atom. The molecule has 0 saturated heterocycles. The number of hydrogen-bond acceptors (Lipinski definition) is 5. The summed E-state index contributed by atoms with van der Waals surface area (Å²) >= 11 is 5.64. The molecular formula is C20H19ClFN5O2. The van der Waals surface area contributed by atoms with Crippen LogP contribution in [0.3, 0.4) is 0 Å². The van der Waals surface area contributed by atoms with Crippen molar-refractivity contribution in [1.82, 2.24) is 20.3 Å². The van der Waals surface area contributed by atoms with Gasteiger partial charge in [-0.05, 0) is 44.2 Å². The number of amides is 1. The summed E-state index contributed by atoms with van der Waals surface area (Å²) in [5, 5.41) is 20.6. The highest BCUT2D eigenvalue weighted by atomic mass is 35.5. The monoisotopic (exact) mass is 415 g/mol. The Labute approximate surface area is 171 Å². The molecule has 1 amide bonds. The molecule has 1 aromatic carbocycles. The second-order valence-corrected chi connectivity index (χ2v) is 8.95. The van der Waals surface area contributed by atoms with E-state index in [4.69, 9.17) is 21.6 Å². The van der Waals surface area contributed by atoms with Crippen LogP contribution in [0.5, 0.6) is 5.75 Å². The van der Waals surface area contributed by atoms with E-state index in [2.05, 4.69) is 21.7 Å². The SMILES string of the molecule is N#CC1CC(n2cc(C34CC(NC(=O)COc5ccc(Cl)c(F)c5)(C3)C4)nn2)C1. The number of rotatable bonds is 6. The van der Waals surface area contributed by atoms with Gasteiger partial charge in [0.2, 0.25) is 0 Å². The van der Waals surface area contributed by atoms with E-state index in [9.17, 15) is 9.18 Å². The van der Waals surface area contributed by atoms with Gasteiger partial charge in [0.15, 0.2) is 6.61 Å². The normalized spacial score (nSPS) is 31.6. The van der Waals surface area contributed by atoms with Crippen LogP contribution < -0.4 is 10.1 Å². The standard InChI is InChI=1S/C20H19ClFN5O2/c21-15-2-1-14(5-16(15)22)29-8-18(28)24-20-9-19(10-20,11-20)17-7-27(26-25-17)13-3-12(4-13)6-23/h1-2,5,7,12-13H,3-4,8-11H2,(H,24,28). The highest BCUT2D eigenvalue weighted by molar-refractivity contribution is 6.30. The fourth-order valence-corrected chi connectivity index (χ4v) is 4.96. The second kappa shape index (κ2) is 6.42. The molecule has 150 valence electrons. The van der Waals surface area contributed by atoms with E-state index in [1.807, 2.05) is 10.9 Å². The minimum atomic E-state index is -0.580. The molecule has 1 N–H and O–H groups in total. The van der Waals surface area contributed by atoms with Crippen LogP contribution in [-0.4, -0.2) is 33.0 Å². The molecular weight excluding hydrogens is 397 g/mol. The van der Waals surface area contributed by atoms with Gasteiger partial charge in [-0.25, -0.2) is 9.07 Å². The van der Waals surface area contributed by atoms with Gasteiger partial charge < -0.3 is 10.1 Å². The summed E-state index contributed by atoms with van der Waals surface area (Å²) in [5.74, 6) is -0.409. The maximum absolute atomic E-state index is 13.4. The van der Waals surface area contributed by atoms with Crippen LogP contribution in [0.4, 0.5) is 4.39 Å². The first kappa shape index (κ1) is 18.4. The lowest BCUT2D eigenvalue weighted by Gasteiger charge is -2.69. The van der Waals surface area contributed by atoms with Gasteiger partial charge in [0.05, 0.1) is 28.7 Å². The molecule has 1 aromatic heterocycles. The second-order valence-electron chi connectivity index (χ2n) is 8.54. The highest BCUT2D eigenvalue weighted by Gasteiger charge is 2.70. The molecule has 0 atom stereocenters. The van der Waals surface area contributed by atoms with Gasteiger partial charge in [0.25, 0.3) is 5.91 Å². The van der Waals surface area contributed by atoms with Crippen molar-refractivity contribution in [3.63, 3.8) is 0 Å². The molecule has 29 heavy (non-hydrogen) atoms. The number of nitrogens with one attached hydrogen (secondary N) is 1. The molecule has 4 aliphatic rings. The van der Waals surface area contributed by atoms with Crippen molar-refractivity contribution in [3.05, 3.63) is 40.9 Å². The first-order chi connectivity index (χ1) is 13.9. The molecule has 2 aromatic rings. The Morgan fingerprint density at radius 3 is 2.86 bits per heavy atom. The fourth-order valence-electron chi connectivity index (χ4n) is 4.85. The zero-order valence-electron chi connectivity index (χ0n) is 15.6. The van der Waals surface area contributed by atoms with Gasteiger partial charge in [-0.15, -0.1) is 5.10 Å². The first-order valence-corrected chi connectivity index (χ1v) is 9.99. The van der Waals surface area contributed by atoms with Crippen LogP contribution in [0, 0.1) is 23.1 Å². The van der Waals surface area contributed by atoms with Crippen molar-refractivity contribution < 1.29 is 13.9 Å². The summed E-state index contributed by atoms with van der Waals surface area (Å²) in [6, 6.07) is 6.64. The van der Waals surface area contributed by atoms with Crippen LogP contribution in [0.2, 0.25) is 5.02 Å². The molecule has 4 aliphatic carbocycles. The number of nitrogens with zero attached hydrogens (tertiary/aromatic N) is 4. The zero-order chi connectivity index (χ0) is 20.2. The van der Waals surface area contributed by atoms with Crippen molar-refractivity contribution >= 4 is 17.5 Å². The molecule has 0 unspecified atom stereocenters. The number of aromatic nitrogens is 3. The van der Waals surface area contributed by atoms with E-state index in [0.717, 1.165) is 43.9 Å². The summed E-state index contributed by atoms with van der Waals surface area (Å²) < 4.78 is 20.7. The number of hydrogen-bond donors (Lipinski definition) is 1. The maximum atomic E-state index is 13.4. The lowest BCUT2D eigenvalue weighted by Crippen LogP contribution is -2.77. The Balaban J connectivity index is 1.12. The van der Waals surface area contributed by atoms with Crippen molar-refractivity contribution in [2.24, 2.45) is 5.92 Å². The van der Waals surface area contributed by atoms with E-state index in [1.54, 1.807) is 0 Å². The molecule has 1 heterocycles. The highest BCUT2D eigenvalue weighted by Crippen LogP contribution is 2.67. The molecule has 7 nitrogen and oxygen atoms in total. The van der Waals surface area contributed by atoms with Gasteiger partial charge in [-0.1, -0.05) is 16.8 Å². The topological polar surface area (TPSA) is 92.8 Å². The predicted octanol–water partition coefficient (Wildman–Crippen LogP) is 2.91. The third-order valence-electron chi connectivity index (χ3n) is 6.42. The minimum absolute atomic E-state index is 0.00404. The van der Waals surface area contributed by atoms with E-state index >= 15 is 0 Å². The van der Waals surface area contributed by atoms with Crippen LogP contribution in [-0.2, 0) is 10.2 Å². The maximum Gasteiger partial charge on any atom is 0.258 e. The van der Waals surface area contributed by atoms with Crippen molar-refractivity contribution in [1.29, 1.82) is 5.26 Å². The molecule has 4 saturated carbocycles. The fraction of sp³-hybridized carbons (Fsp3) is 0.500. The van der Waals surface area contributed by atoms with Gasteiger partial charge in [0.1, 0.15) is 11.6 Å². The smallest absolute Gasteiger partial charge is 0.258 e. The van der Waals surface area contributed by atoms with E-state index < -0.39 is 5.82 Å².